The van der Waals surface area contributed by atoms with Crippen molar-refractivity contribution in [3.8, 4) is 17.2 Å². The summed E-state index contributed by atoms with van der Waals surface area (Å²) in [5.74, 6) is 6.19. The van der Waals surface area contributed by atoms with Crippen molar-refractivity contribution in [2.45, 2.75) is 37.8 Å². The number of imide groups is 1. The van der Waals surface area contributed by atoms with Crippen molar-refractivity contribution in [1.29, 1.82) is 5.41 Å². The minimum atomic E-state index is -0.863. The molecule has 0 spiro atoms. The third kappa shape index (κ3) is 13.8. The maximum absolute atomic E-state index is 13.4. The Morgan fingerprint density at radius 1 is 0.897 bits per heavy atom. The van der Waals surface area contributed by atoms with E-state index in [2.05, 4.69) is 20.6 Å². The second kappa shape index (κ2) is 24.9. The number of ether oxygens (including phenoxy) is 5. The average molecular weight is 936 g/mol. The van der Waals surface area contributed by atoms with Crippen LogP contribution in [0.1, 0.15) is 57.5 Å². The van der Waals surface area contributed by atoms with E-state index in [4.69, 9.17) is 46.4 Å². The van der Waals surface area contributed by atoms with Gasteiger partial charge in [-0.25, -0.2) is 15.8 Å². The molecule has 360 valence electrons. The minimum absolute atomic E-state index is 0.0136. The quantitative estimate of drug-likeness (QED) is 0.0112. The number of benzene rings is 3. The first-order valence-corrected chi connectivity index (χ1v) is 22.1. The number of nitrogen functional groups attached to an aromatic ring is 1. The summed E-state index contributed by atoms with van der Waals surface area (Å²) in [6.07, 6.45) is 4.96. The lowest BCUT2D eigenvalue weighted by atomic mass is 10.0. The predicted octanol–water partition coefficient (Wildman–Crippen LogP) is 2.46. The lowest BCUT2D eigenvalue weighted by Gasteiger charge is -2.34. The molecule has 2 atom stereocenters. The molecule has 9 N–H and O–H groups in total. The van der Waals surface area contributed by atoms with Gasteiger partial charge in [0, 0.05) is 49.9 Å². The fourth-order valence-corrected chi connectivity index (χ4v) is 7.45. The third-order valence-corrected chi connectivity index (χ3v) is 11.0. The molecule has 2 aliphatic heterocycles. The number of nitrogens with two attached hydrogens (primary N) is 3. The van der Waals surface area contributed by atoms with E-state index in [-0.39, 0.29) is 112 Å². The third-order valence-electron chi connectivity index (χ3n) is 11.0. The largest absolute Gasteiger partial charge is 0.490 e. The summed E-state index contributed by atoms with van der Waals surface area (Å²) in [5, 5.41) is 15.9. The molecular weight excluding hydrogens is 879 g/mol. The summed E-state index contributed by atoms with van der Waals surface area (Å²) in [6, 6.07) is 20.0. The van der Waals surface area contributed by atoms with E-state index in [0.29, 0.717) is 54.2 Å². The Balaban J connectivity index is 0.857. The Bertz CT molecular complexity index is 2420. The number of rotatable bonds is 24. The molecule has 2 aliphatic rings. The number of carbonyl (C=O) groups is 5. The summed E-state index contributed by atoms with van der Waals surface area (Å²) >= 11 is 0. The molecule has 0 radical (unpaired) electrons. The second-order valence-electron chi connectivity index (χ2n) is 15.8. The Kier molecular flexibility index (Phi) is 18.3. The van der Waals surface area contributed by atoms with Crippen LogP contribution < -0.4 is 37.4 Å². The van der Waals surface area contributed by atoms with Gasteiger partial charge in [-0.05, 0) is 61.7 Å². The average Bonchev–Trinajstić information content (AvgIpc) is 3.34. The zero-order valence-corrected chi connectivity index (χ0v) is 37.8. The number of hydrazine groups is 1. The van der Waals surface area contributed by atoms with Gasteiger partial charge in [-0.3, -0.25) is 34.7 Å². The molecule has 6 rings (SSSR count). The van der Waals surface area contributed by atoms with Crippen LogP contribution in [0.3, 0.4) is 0 Å². The van der Waals surface area contributed by atoms with Gasteiger partial charge in [0.1, 0.15) is 53.6 Å². The first kappa shape index (κ1) is 50.0. The number of likely N-dealkylation sites (tertiary alicyclic amines) is 1. The van der Waals surface area contributed by atoms with Gasteiger partial charge in [-0.2, -0.15) is 0 Å². The SMILES string of the molecule is CN(C(=O)c1c(C=O)cccc1OCCOCCOCCOCCN(N)/C=C(\N)C(=O)N1CCCC(Nc2ncnc(N)c2C(=N)c2ccc(Oc3ccccc3)cc2)C1)C1CCC(=O)NC1=O. The summed E-state index contributed by atoms with van der Waals surface area (Å²) in [4.78, 5) is 73.9. The highest BCUT2D eigenvalue weighted by Crippen LogP contribution is 2.28. The number of aromatic nitrogens is 2. The fourth-order valence-electron chi connectivity index (χ4n) is 7.45. The van der Waals surface area contributed by atoms with E-state index in [1.807, 2.05) is 30.3 Å². The number of likely N-dealkylation sites (N-methyl/N-ethyl adjacent to an activating group) is 1. The van der Waals surface area contributed by atoms with Crippen LogP contribution in [0.2, 0.25) is 0 Å². The van der Waals surface area contributed by atoms with Gasteiger partial charge in [-0.15, -0.1) is 0 Å². The van der Waals surface area contributed by atoms with Gasteiger partial charge in [0.2, 0.25) is 11.8 Å². The number of nitrogens with zero attached hydrogens (tertiary/aromatic N) is 5. The van der Waals surface area contributed by atoms with Gasteiger partial charge in [-0.1, -0.05) is 30.3 Å². The van der Waals surface area contributed by atoms with Crippen molar-refractivity contribution >= 4 is 47.3 Å². The molecule has 2 saturated heterocycles. The van der Waals surface area contributed by atoms with Crippen LogP contribution in [0.5, 0.6) is 17.2 Å². The minimum Gasteiger partial charge on any atom is -0.490 e. The summed E-state index contributed by atoms with van der Waals surface area (Å²) in [6.45, 7) is 2.66. The lowest BCUT2D eigenvalue weighted by molar-refractivity contribution is -0.136. The zero-order chi connectivity index (χ0) is 48.4. The summed E-state index contributed by atoms with van der Waals surface area (Å²) in [5.41, 5.74) is 13.7. The molecule has 0 aliphatic carbocycles. The van der Waals surface area contributed by atoms with Crippen LogP contribution in [-0.2, 0) is 28.6 Å². The molecule has 0 bridgehead atoms. The highest BCUT2D eigenvalue weighted by molar-refractivity contribution is 6.16. The van der Waals surface area contributed by atoms with Gasteiger partial charge in [0.25, 0.3) is 11.8 Å². The monoisotopic (exact) mass is 935 g/mol. The molecule has 2 fully saturated rings. The van der Waals surface area contributed by atoms with Crippen molar-refractivity contribution in [3.05, 3.63) is 113 Å². The van der Waals surface area contributed by atoms with Gasteiger partial charge < -0.3 is 55.3 Å². The standard InChI is InChI=1S/C47H57N11O10/c1-56(37-16-17-39(60)55-45(37)61)47(63)40-32(29-59)7-5-11-38(40)67-26-25-66-24-23-65-22-21-64-20-19-58(51)28-36(48)46(62)57-18-6-8-33(27-57)54-44-41(43(50)52-30-53-44)42(49)31-12-14-35(15-13-31)68-34-9-3-2-4-10-34/h2-5,7,9-15,28-30,33,37,49H,6,8,16-27,48,51H2,1H3,(H,55,60,61)(H3,50,52,53,54)/b36-28-,49-42?. The maximum Gasteiger partial charge on any atom is 0.271 e. The number of nitrogens with one attached hydrogen (secondary N) is 3. The number of carbonyl (C=O) groups excluding carboxylic acids is 5. The molecular formula is C47H57N11O10. The Morgan fingerprint density at radius 2 is 1.59 bits per heavy atom. The molecule has 68 heavy (non-hydrogen) atoms. The summed E-state index contributed by atoms with van der Waals surface area (Å²) in [7, 11) is 1.44. The number of anilines is 2. The van der Waals surface area contributed by atoms with Gasteiger partial charge in [0.05, 0.1) is 63.0 Å². The van der Waals surface area contributed by atoms with Crippen LogP contribution in [0.15, 0.2) is 91.0 Å². The van der Waals surface area contributed by atoms with Crippen LogP contribution in [0.4, 0.5) is 11.6 Å². The van der Waals surface area contributed by atoms with Gasteiger partial charge in [0.15, 0.2) is 6.29 Å². The van der Waals surface area contributed by atoms with Crippen LogP contribution >= 0.6 is 0 Å². The smallest absolute Gasteiger partial charge is 0.271 e. The maximum atomic E-state index is 13.4. The number of para-hydroxylation sites is 1. The molecule has 2 unspecified atom stereocenters. The number of hydrogen-bond acceptors (Lipinski definition) is 18. The van der Waals surface area contributed by atoms with Crippen molar-refractivity contribution in [2.24, 2.45) is 11.6 Å². The van der Waals surface area contributed by atoms with Crippen LogP contribution in [0.25, 0.3) is 0 Å². The Labute approximate surface area is 393 Å². The highest BCUT2D eigenvalue weighted by Gasteiger charge is 2.34. The molecule has 4 aromatic rings. The zero-order valence-electron chi connectivity index (χ0n) is 37.8. The number of amides is 4. The molecule has 0 saturated carbocycles. The number of aldehydes is 1. The lowest BCUT2D eigenvalue weighted by Crippen LogP contribution is -2.53. The molecule has 21 nitrogen and oxygen atoms in total. The van der Waals surface area contributed by atoms with E-state index in [9.17, 15) is 24.0 Å². The van der Waals surface area contributed by atoms with E-state index in [0.717, 1.165) is 6.42 Å². The molecule has 3 heterocycles. The Morgan fingerprint density at radius 3 is 2.29 bits per heavy atom. The molecule has 4 amide bonds. The first-order chi connectivity index (χ1) is 32.9. The van der Waals surface area contributed by atoms with Crippen LogP contribution in [-0.4, -0.2) is 145 Å². The van der Waals surface area contributed by atoms with E-state index >= 15 is 0 Å². The van der Waals surface area contributed by atoms with Crippen molar-refractivity contribution < 1.29 is 47.7 Å². The molecule has 3 aromatic carbocycles. The van der Waals surface area contributed by atoms with E-state index < -0.39 is 23.8 Å². The van der Waals surface area contributed by atoms with Crippen LogP contribution in [0, 0.1) is 5.41 Å². The number of hydrogen-bond donors (Lipinski definition) is 6. The molecule has 21 heteroatoms. The predicted molar refractivity (Wildman–Crippen MR) is 250 cm³/mol. The second-order valence-corrected chi connectivity index (χ2v) is 15.8. The van der Waals surface area contributed by atoms with Crippen molar-refractivity contribution in [1.82, 2.24) is 30.1 Å². The first-order valence-electron chi connectivity index (χ1n) is 22.1. The fraction of sp³-hybridized carbons (Fsp3) is 0.362. The highest BCUT2D eigenvalue weighted by atomic mass is 16.6. The Hall–Kier alpha value is -7.46. The topological polar surface area (TPSA) is 293 Å². The van der Waals surface area contributed by atoms with Crippen molar-refractivity contribution in [2.75, 3.05) is 84.0 Å². The van der Waals surface area contributed by atoms with E-state index in [1.54, 1.807) is 41.3 Å². The normalized spacial score (nSPS) is 16.1. The van der Waals surface area contributed by atoms with E-state index in [1.165, 1.54) is 35.6 Å². The van der Waals surface area contributed by atoms with Crippen molar-refractivity contribution in [3.63, 3.8) is 0 Å². The summed E-state index contributed by atoms with van der Waals surface area (Å²) < 4.78 is 28.5. The number of piperidine rings is 2. The molecule has 1 aromatic heterocycles. The van der Waals surface area contributed by atoms with Gasteiger partial charge >= 0.3 is 0 Å².